The van der Waals surface area contributed by atoms with E-state index in [9.17, 15) is 23.2 Å². The smallest absolute Gasteiger partial charge is 0.185 e. The molecule has 0 radical (unpaired) electrons. The van der Waals surface area contributed by atoms with Crippen molar-refractivity contribution < 1.29 is 18.0 Å². The van der Waals surface area contributed by atoms with Crippen LogP contribution in [-0.2, 0) is 6.42 Å². The van der Waals surface area contributed by atoms with Gasteiger partial charge in [-0.25, -0.2) is 18.2 Å². The van der Waals surface area contributed by atoms with Crippen LogP contribution in [0.25, 0.3) is 11.3 Å². The van der Waals surface area contributed by atoms with Gasteiger partial charge >= 0.3 is 0 Å². The molecule has 6 nitrogen and oxygen atoms in total. The SMILES string of the molecule is C[C@H]1CN(c2ccncc2CC(=O)c2ccc(F)c(-c3c(F)cccc3F)n2)C[C@@H](N)[C@H]1C#N. The van der Waals surface area contributed by atoms with Gasteiger partial charge in [0.2, 0.25) is 0 Å². The summed E-state index contributed by atoms with van der Waals surface area (Å²) in [6, 6.07) is 9.01. The van der Waals surface area contributed by atoms with Crippen LogP contribution in [0.15, 0.2) is 48.8 Å². The van der Waals surface area contributed by atoms with E-state index in [1.165, 1.54) is 6.07 Å². The molecule has 4 rings (SSSR count). The fourth-order valence-corrected chi connectivity index (χ4v) is 4.37. The van der Waals surface area contributed by atoms with Gasteiger partial charge in [-0.3, -0.25) is 9.78 Å². The second-order valence-electron chi connectivity index (χ2n) is 8.43. The zero-order valence-electron chi connectivity index (χ0n) is 18.4. The van der Waals surface area contributed by atoms with Gasteiger partial charge in [0.25, 0.3) is 0 Å². The van der Waals surface area contributed by atoms with Crippen molar-refractivity contribution >= 4 is 11.5 Å². The van der Waals surface area contributed by atoms with Crippen molar-refractivity contribution in [2.75, 3.05) is 18.0 Å². The maximum absolute atomic E-state index is 14.4. The van der Waals surface area contributed by atoms with Gasteiger partial charge in [0, 0.05) is 49.2 Å². The molecule has 0 unspecified atom stereocenters. The molecule has 1 aliphatic rings. The van der Waals surface area contributed by atoms with Gasteiger partial charge in [0.1, 0.15) is 28.8 Å². The maximum atomic E-state index is 14.4. The first kappa shape index (κ1) is 23.4. The van der Waals surface area contributed by atoms with E-state index in [1.54, 1.807) is 18.5 Å². The number of piperidine rings is 1. The number of anilines is 1. The number of halogens is 3. The van der Waals surface area contributed by atoms with Crippen LogP contribution in [0.5, 0.6) is 0 Å². The lowest BCUT2D eigenvalue weighted by molar-refractivity contribution is 0.0988. The van der Waals surface area contributed by atoms with Gasteiger partial charge in [-0.1, -0.05) is 13.0 Å². The minimum atomic E-state index is -0.975. The third kappa shape index (κ3) is 4.50. The molecule has 0 saturated carbocycles. The number of nitriles is 1. The summed E-state index contributed by atoms with van der Waals surface area (Å²) in [5.74, 6) is -3.58. The Bertz CT molecular complexity index is 1240. The van der Waals surface area contributed by atoms with Crippen molar-refractivity contribution in [1.29, 1.82) is 5.26 Å². The Balaban J connectivity index is 1.62. The third-order valence-corrected chi connectivity index (χ3v) is 6.06. The molecule has 174 valence electrons. The molecule has 1 fully saturated rings. The fourth-order valence-electron chi connectivity index (χ4n) is 4.37. The van der Waals surface area contributed by atoms with E-state index < -0.39 is 34.5 Å². The average Bonchev–Trinajstić information content (AvgIpc) is 2.80. The first-order valence-corrected chi connectivity index (χ1v) is 10.8. The van der Waals surface area contributed by atoms with Crippen molar-refractivity contribution in [2.45, 2.75) is 19.4 Å². The van der Waals surface area contributed by atoms with Gasteiger partial charge in [-0.05, 0) is 36.2 Å². The molecule has 0 amide bonds. The van der Waals surface area contributed by atoms with Crippen molar-refractivity contribution in [1.82, 2.24) is 9.97 Å². The highest BCUT2D eigenvalue weighted by Crippen LogP contribution is 2.30. The maximum Gasteiger partial charge on any atom is 0.185 e. The minimum Gasteiger partial charge on any atom is -0.369 e. The summed E-state index contributed by atoms with van der Waals surface area (Å²) in [4.78, 5) is 23.1. The first-order valence-electron chi connectivity index (χ1n) is 10.8. The van der Waals surface area contributed by atoms with Crippen LogP contribution in [0.2, 0.25) is 0 Å². The highest BCUT2D eigenvalue weighted by molar-refractivity contribution is 5.97. The van der Waals surface area contributed by atoms with Crippen molar-refractivity contribution in [3.63, 3.8) is 0 Å². The van der Waals surface area contributed by atoms with E-state index in [4.69, 9.17) is 5.73 Å². The number of rotatable bonds is 5. The summed E-state index contributed by atoms with van der Waals surface area (Å²) in [5, 5.41) is 9.36. The Morgan fingerprint density at radius 1 is 1.15 bits per heavy atom. The van der Waals surface area contributed by atoms with Crippen LogP contribution in [0, 0.1) is 40.6 Å². The lowest BCUT2D eigenvalue weighted by Gasteiger charge is -2.40. The zero-order valence-corrected chi connectivity index (χ0v) is 18.4. The van der Waals surface area contributed by atoms with Gasteiger partial charge in [0.05, 0.1) is 17.6 Å². The van der Waals surface area contributed by atoms with E-state index in [0.717, 1.165) is 30.0 Å². The fraction of sp³-hybridized carbons (Fsp3) is 0.280. The molecule has 0 bridgehead atoms. The molecule has 3 atom stereocenters. The molecule has 1 aliphatic heterocycles. The summed E-state index contributed by atoms with van der Waals surface area (Å²) >= 11 is 0. The molecule has 34 heavy (non-hydrogen) atoms. The van der Waals surface area contributed by atoms with E-state index in [1.807, 2.05) is 11.8 Å². The highest BCUT2D eigenvalue weighted by Gasteiger charge is 2.33. The number of Topliss-reactive ketones (excluding diaryl/α,β-unsaturated/α-hetero) is 1. The highest BCUT2D eigenvalue weighted by atomic mass is 19.1. The third-order valence-electron chi connectivity index (χ3n) is 6.06. The second kappa shape index (κ2) is 9.61. The predicted molar refractivity (Wildman–Crippen MR) is 120 cm³/mol. The molecule has 1 saturated heterocycles. The molecule has 0 spiro atoms. The Morgan fingerprint density at radius 3 is 2.56 bits per heavy atom. The minimum absolute atomic E-state index is 0.0301. The summed E-state index contributed by atoms with van der Waals surface area (Å²) < 4.78 is 42.8. The zero-order chi connectivity index (χ0) is 24.4. The van der Waals surface area contributed by atoms with E-state index in [0.29, 0.717) is 18.7 Å². The number of hydrogen-bond donors (Lipinski definition) is 1. The standard InChI is InChI=1S/C25H22F3N5O/c1-14-12-33(13-20(30)16(14)10-29)22-7-8-31-11-15(22)9-23(34)21-6-5-19(28)25(32-21)24-17(26)3-2-4-18(24)27/h2-8,11,14,16,20H,9,12-13,30H2,1H3/t14-,16-,20+/m0/s1. The van der Waals surface area contributed by atoms with Crippen LogP contribution in [0.1, 0.15) is 23.0 Å². The monoisotopic (exact) mass is 465 g/mol. The number of nitrogens with zero attached hydrogens (tertiary/aromatic N) is 4. The number of ketones is 1. The summed E-state index contributed by atoms with van der Waals surface area (Å²) in [7, 11) is 0. The number of aromatic nitrogens is 2. The van der Waals surface area contributed by atoms with E-state index in [2.05, 4.69) is 16.0 Å². The first-order chi connectivity index (χ1) is 16.3. The molecule has 0 aliphatic carbocycles. The molecule has 3 heterocycles. The van der Waals surface area contributed by atoms with Gasteiger partial charge < -0.3 is 10.6 Å². The lowest BCUT2D eigenvalue weighted by Crippen LogP contribution is -2.52. The van der Waals surface area contributed by atoms with Crippen LogP contribution in [-0.4, -0.2) is 34.9 Å². The Morgan fingerprint density at radius 2 is 1.88 bits per heavy atom. The van der Waals surface area contributed by atoms with Crippen molar-refractivity contribution in [2.24, 2.45) is 17.6 Å². The van der Waals surface area contributed by atoms with Crippen LogP contribution >= 0.6 is 0 Å². The summed E-state index contributed by atoms with van der Waals surface area (Å²) in [6.45, 7) is 2.99. The van der Waals surface area contributed by atoms with Gasteiger partial charge in [-0.15, -0.1) is 0 Å². The predicted octanol–water partition coefficient (Wildman–Crippen LogP) is 3.91. The number of nitrogens with two attached hydrogens (primary N) is 1. The molecular formula is C25H22F3N5O. The second-order valence-corrected chi connectivity index (χ2v) is 8.43. The normalized spacial score (nSPS) is 20.1. The van der Waals surface area contributed by atoms with Crippen molar-refractivity contribution in [3.05, 3.63) is 77.5 Å². The Kier molecular flexibility index (Phi) is 6.61. The van der Waals surface area contributed by atoms with E-state index >= 15 is 0 Å². The van der Waals surface area contributed by atoms with Crippen LogP contribution in [0.3, 0.4) is 0 Å². The largest absolute Gasteiger partial charge is 0.369 e. The number of hydrogen-bond acceptors (Lipinski definition) is 6. The average molecular weight is 465 g/mol. The number of pyridine rings is 2. The molecule has 9 heteroatoms. The molecule has 2 N–H and O–H groups in total. The number of carbonyl (C=O) groups is 1. The van der Waals surface area contributed by atoms with Crippen molar-refractivity contribution in [3.8, 4) is 17.3 Å². The quantitative estimate of drug-likeness (QED) is 0.574. The lowest BCUT2D eigenvalue weighted by atomic mass is 9.84. The summed E-state index contributed by atoms with van der Waals surface area (Å²) in [5.41, 5.74) is 6.25. The van der Waals surface area contributed by atoms with Gasteiger partial charge in [-0.2, -0.15) is 5.26 Å². The van der Waals surface area contributed by atoms with E-state index in [-0.39, 0.29) is 30.0 Å². The molecule has 2 aromatic heterocycles. The Hall–Kier alpha value is -3.77. The number of benzene rings is 1. The topological polar surface area (TPSA) is 95.9 Å². The number of carbonyl (C=O) groups excluding carboxylic acids is 1. The van der Waals surface area contributed by atoms with Gasteiger partial charge in [0.15, 0.2) is 5.78 Å². The molecular weight excluding hydrogens is 443 g/mol. The van der Waals surface area contributed by atoms with Crippen LogP contribution < -0.4 is 10.6 Å². The molecule has 3 aromatic rings. The summed E-state index contributed by atoms with van der Waals surface area (Å²) in [6.07, 6.45) is 3.05. The molecule has 1 aromatic carbocycles. The Labute approximate surface area is 194 Å². The van der Waals surface area contributed by atoms with Crippen LogP contribution in [0.4, 0.5) is 18.9 Å².